The van der Waals surface area contributed by atoms with Crippen LogP contribution >= 0.6 is 23.2 Å². The number of amides is 1. The third-order valence-electron chi connectivity index (χ3n) is 2.46. The minimum Gasteiger partial charge on any atom is -0.373 e. The minimum absolute atomic E-state index is 0.292. The van der Waals surface area contributed by atoms with Gasteiger partial charge in [-0.25, -0.2) is 4.98 Å². The molecule has 0 saturated carbocycles. The van der Waals surface area contributed by atoms with Gasteiger partial charge in [0.15, 0.2) is 0 Å². The Morgan fingerprint density at radius 2 is 2.00 bits per heavy atom. The quantitative estimate of drug-likeness (QED) is 0.908. The molecule has 1 heterocycles. The van der Waals surface area contributed by atoms with Crippen molar-refractivity contribution in [2.75, 3.05) is 17.7 Å². The van der Waals surface area contributed by atoms with E-state index in [2.05, 4.69) is 15.6 Å². The molecule has 0 unspecified atom stereocenters. The SMILES string of the molecule is CNc1ccc(C(=O)Nc2cc(Cl)ccc2Cl)cn1. The van der Waals surface area contributed by atoms with Crippen molar-refractivity contribution in [3.63, 3.8) is 0 Å². The Hall–Kier alpha value is -1.78. The highest BCUT2D eigenvalue weighted by Crippen LogP contribution is 2.25. The molecule has 2 rings (SSSR count). The highest BCUT2D eigenvalue weighted by molar-refractivity contribution is 6.35. The zero-order valence-corrected chi connectivity index (χ0v) is 11.6. The molecule has 1 aromatic carbocycles. The van der Waals surface area contributed by atoms with Crippen molar-refractivity contribution >= 4 is 40.6 Å². The third-order valence-corrected chi connectivity index (χ3v) is 3.02. The van der Waals surface area contributed by atoms with Gasteiger partial charge in [0, 0.05) is 18.3 Å². The number of aromatic nitrogens is 1. The third kappa shape index (κ3) is 3.36. The van der Waals surface area contributed by atoms with E-state index in [9.17, 15) is 4.79 Å². The number of nitrogens with one attached hydrogen (secondary N) is 2. The topological polar surface area (TPSA) is 54.0 Å². The fourth-order valence-corrected chi connectivity index (χ4v) is 1.80. The first-order valence-electron chi connectivity index (χ1n) is 5.50. The van der Waals surface area contributed by atoms with E-state index in [-0.39, 0.29) is 5.91 Å². The number of anilines is 2. The van der Waals surface area contributed by atoms with Crippen molar-refractivity contribution < 1.29 is 4.79 Å². The Balaban J connectivity index is 2.18. The number of carbonyl (C=O) groups excluding carboxylic acids is 1. The molecule has 0 atom stereocenters. The largest absolute Gasteiger partial charge is 0.373 e. The second-order valence-electron chi connectivity index (χ2n) is 3.76. The van der Waals surface area contributed by atoms with Crippen LogP contribution in [0.15, 0.2) is 36.5 Å². The summed E-state index contributed by atoms with van der Waals surface area (Å²) in [5.74, 6) is 0.400. The number of nitrogens with zero attached hydrogens (tertiary/aromatic N) is 1. The smallest absolute Gasteiger partial charge is 0.257 e. The summed E-state index contributed by atoms with van der Waals surface area (Å²) < 4.78 is 0. The molecule has 98 valence electrons. The van der Waals surface area contributed by atoms with E-state index < -0.39 is 0 Å². The Morgan fingerprint density at radius 3 is 2.63 bits per heavy atom. The minimum atomic E-state index is -0.292. The van der Waals surface area contributed by atoms with Gasteiger partial charge in [-0.15, -0.1) is 0 Å². The van der Waals surface area contributed by atoms with Crippen molar-refractivity contribution in [3.8, 4) is 0 Å². The summed E-state index contributed by atoms with van der Waals surface area (Å²) in [6.45, 7) is 0. The van der Waals surface area contributed by atoms with Crippen LogP contribution in [0.1, 0.15) is 10.4 Å². The average Bonchev–Trinajstić information content (AvgIpc) is 2.43. The Labute approximate surface area is 120 Å². The maximum absolute atomic E-state index is 12.0. The predicted molar refractivity (Wildman–Crippen MR) is 78.2 cm³/mol. The highest BCUT2D eigenvalue weighted by atomic mass is 35.5. The Bertz CT molecular complexity index is 599. The summed E-state index contributed by atoms with van der Waals surface area (Å²) in [5, 5.41) is 6.50. The van der Waals surface area contributed by atoms with E-state index in [0.29, 0.717) is 27.1 Å². The van der Waals surface area contributed by atoms with Crippen LogP contribution in [0.3, 0.4) is 0 Å². The van der Waals surface area contributed by atoms with Crippen molar-refractivity contribution in [2.45, 2.75) is 0 Å². The van der Waals surface area contributed by atoms with Gasteiger partial charge in [0.25, 0.3) is 5.91 Å². The van der Waals surface area contributed by atoms with Gasteiger partial charge in [0.2, 0.25) is 0 Å². The summed E-state index contributed by atoms with van der Waals surface area (Å²) in [7, 11) is 1.76. The van der Waals surface area contributed by atoms with E-state index in [1.165, 1.54) is 6.20 Å². The number of carbonyl (C=O) groups is 1. The molecule has 1 aromatic heterocycles. The molecule has 0 saturated heterocycles. The summed E-state index contributed by atoms with van der Waals surface area (Å²) in [6, 6.07) is 8.27. The summed E-state index contributed by atoms with van der Waals surface area (Å²) in [6.07, 6.45) is 1.49. The molecular weight excluding hydrogens is 285 g/mol. The molecule has 2 aromatic rings. The second kappa shape index (κ2) is 5.91. The molecule has 1 amide bonds. The number of benzene rings is 1. The molecule has 0 aliphatic rings. The van der Waals surface area contributed by atoms with E-state index in [4.69, 9.17) is 23.2 Å². The normalized spacial score (nSPS) is 10.1. The van der Waals surface area contributed by atoms with Crippen molar-refractivity contribution in [1.29, 1.82) is 0 Å². The lowest BCUT2D eigenvalue weighted by Gasteiger charge is -2.08. The summed E-state index contributed by atoms with van der Waals surface area (Å²) in [4.78, 5) is 16.1. The average molecular weight is 296 g/mol. The van der Waals surface area contributed by atoms with Gasteiger partial charge in [-0.1, -0.05) is 23.2 Å². The van der Waals surface area contributed by atoms with Crippen LogP contribution in [-0.4, -0.2) is 17.9 Å². The fourth-order valence-electron chi connectivity index (χ4n) is 1.46. The van der Waals surface area contributed by atoms with Crippen LogP contribution in [0, 0.1) is 0 Å². The van der Waals surface area contributed by atoms with Crippen LogP contribution in [0.2, 0.25) is 10.0 Å². The van der Waals surface area contributed by atoms with Gasteiger partial charge in [-0.05, 0) is 30.3 Å². The maximum Gasteiger partial charge on any atom is 0.257 e. The molecule has 0 fully saturated rings. The molecule has 0 aliphatic carbocycles. The number of hydrogen-bond acceptors (Lipinski definition) is 3. The first-order valence-corrected chi connectivity index (χ1v) is 6.26. The maximum atomic E-state index is 12.0. The van der Waals surface area contributed by atoms with Crippen LogP contribution < -0.4 is 10.6 Å². The molecule has 0 bridgehead atoms. The standard InChI is InChI=1S/C13H11Cl2N3O/c1-16-12-5-2-8(7-17-12)13(19)18-11-6-9(14)3-4-10(11)15/h2-7H,1H3,(H,16,17)(H,18,19). The zero-order valence-electron chi connectivity index (χ0n) is 10.1. The molecule has 0 radical (unpaired) electrons. The van der Waals surface area contributed by atoms with Crippen LogP contribution in [0.25, 0.3) is 0 Å². The van der Waals surface area contributed by atoms with Gasteiger partial charge >= 0.3 is 0 Å². The van der Waals surface area contributed by atoms with Gasteiger partial charge in [-0.2, -0.15) is 0 Å². The lowest BCUT2D eigenvalue weighted by Crippen LogP contribution is -2.12. The molecule has 0 spiro atoms. The first-order chi connectivity index (χ1) is 9.10. The summed E-state index contributed by atoms with van der Waals surface area (Å²) in [5.41, 5.74) is 0.909. The van der Waals surface area contributed by atoms with Gasteiger partial charge < -0.3 is 10.6 Å². The Kier molecular flexibility index (Phi) is 4.24. The highest BCUT2D eigenvalue weighted by Gasteiger charge is 2.09. The van der Waals surface area contributed by atoms with E-state index in [1.54, 1.807) is 37.4 Å². The molecule has 4 nitrogen and oxygen atoms in total. The van der Waals surface area contributed by atoms with E-state index >= 15 is 0 Å². The van der Waals surface area contributed by atoms with Gasteiger partial charge in [0.05, 0.1) is 16.3 Å². The number of rotatable bonds is 3. The first kappa shape index (κ1) is 13.6. The Morgan fingerprint density at radius 1 is 1.21 bits per heavy atom. The van der Waals surface area contributed by atoms with E-state index in [0.717, 1.165) is 0 Å². The molecule has 0 aliphatic heterocycles. The lowest BCUT2D eigenvalue weighted by atomic mass is 10.2. The monoisotopic (exact) mass is 295 g/mol. The number of pyridine rings is 1. The molecule has 19 heavy (non-hydrogen) atoms. The molecule has 6 heteroatoms. The van der Waals surface area contributed by atoms with Crippen molar-refractivity contribution in [1.82, 2.24) is 4.98 Å². The zero-order chi connectivity index (χ0) is 13.8. The van der Waals surface area contributed by atoms with Crippen molar-refractivity contribution in [3.05, 3.63) is 52.1 Å². The molecular formula is C13H11Cl2N3O. The van der Waals surface area contributed by atoms with Gasteiger partial charge in [0.1, 0.15) is 5.82 Å². The number of halogens is 2. The predicted octanol–water partition coefficient (Wildman–Crippen LogP) is 3.68. The lowest BCUT2D eigenvalue weighted by molar-refractivity contribution is 0.102. The molecule has 2 N–H and O–H groups in total. The van der Waals surface area contributed by atoms with Crippen LogP contribution in [0.4, 0.5) is 11.5 Å². The fraction of sp³-hybridized carbons (Fsp3) is 0.0769. The second-order valence-corrected chi connectivity index (χ2v) is 4.60. The summed E-state index contributed by atoms with van der Waals surface area (Å²) >= 11 is 11.8. The van der Waals surface area contributed by atoms with Gasteiger partial charge in [-0.3, -0.25) is 4.79 Å². The van der Waals surface area contributed by atoms with Crippen LogP contribution in [0.5, 0.6) is 0 Å². The van der Waals surface area contributed by atoms with E-state index in [1.807, 2.05) is 0 Å². The van der Waals surface area contributed by atoms with Crippen LogP contribution in [-0.2, 0) is 0 Å². The number of hydrogen-bond donors (Lipinski definition) is 2. The van der Waals surface area contributed by atoms with Crippen molar-refractivity contribution in [2.24, 2.45) is 0 Å².